The third-order valence-electron chi connectivity index (χ3n) is 3.54. The van der Waals surface area contributed by atoms with Gasteiger partial charge < -0.3 is 5.32 Å². The van der Waals surface area contributed by atoms with E-state index < -0.39 is 9.84 Å². The van der Waals surface area contributed by atoms with Crippen molar-refractivity contribution in [3.05, 3.63) is 53.3 Å². The van der Waals surface area contributed by atoms with E-state index in [0.717, 1.165) is 0 Å². The summed E-state index contributed by atoms with van der Waals surface area (Å²) in [5.74, 6) is -0.0116. The van der Waals surface area contributed by atoms with E-state index >= 15 is 0 Å². The van der Waals surface area contributed by atoms with Gasteiger partial charge in [-0.25, -0.2) is 8.42 Å². The average molecular weight is 349 g/mol. The fraction of sp³-hybridized carbons (Fsp3) is 0.412. The maximum absolute atomic E-state index is 12.4. The lowest BCUT2D eigenvalue weighted by atomic mass is 10.1. The van der Waals surface area contributed by atoms with Gasteiger partial charge in [0.15, 0.2) is 9.84 Å². The summed E-state index contributed by atoms with van der Waals surface area (Å²) in [6.45, 7) is 4.62. The van der Waals surface area contributed by atoms with Crippen LogP contribution < -0.4 is 5.32 Å². The molecule has 0 bridgehead atoms. The normalized spacial score (nSPS) is 11.7. The molecule has 2 aromatic rings. The number of carbonyl (C=O) groups excluding carboxylic acids is 1. The molecule has 7 heteroatoms. The number of aryl methyl sites for hydroxylation is 1. The standard InChI is InChI=1S/C17H23N3O3S/c1-13(2)10-18-17(21)15-6-4-5-14(9-15)11-24(22,23)12-16-7-8-19-20(16)3/h4-9,13H,10-12H2,1-3H3,(H,18,21). The fourth-order valence-corrected chi connectivity index (χ4v) is 3.80. The first-order valence-electron chi connectivity index (χ1n) is 7.81. The Balaban J connectivity index is 2.08. The van der Waals surface area contributed by atoms with Crippen molar-refractivity contribution in [1.29, 1.82) is 0 Å². The van der Waals surface area contributed by atoms with Crippen molar-refractivity contribution in [2.45, 2.75) is 25.4 Å². The Hall–Kier alpha value is -2.15. The van der Waals surface area contributed by atoms with Gasteiger partial charge in [0, 0.05) is 25.4 Å². The van der Waals surface area contributed by atoms with Crippen LogP contribution in [0.3, 0.4) is 0 Å². The molecule has 0 unspecified atom stereocenters. The van der Waals surface area contributed by atoms with Crippen molar-refractivity contribution in [3.8, 4) is 0 Å². The van der Waals surface area contributed by atoms with Crippen LogP contribution >= 0.6 is 0 Å². The number of rotatable bonds is 7. The van der Waals surface area contributed by atoms with E-state index in [9.17, 15) is 13.2 Å². The van der Waals surface area contributed by atoms with Crippen LogP contribution in [0.5, 0.6) is 0 Å². The molecule has 24 heavy (non-hydrogen) atoms. The number of sulfone groups is 1. The van der Waals surface area contributed by atoms with Crippen LogP contribution in [0.4, 0.5) is 0 Å². The summed E-state index contributed by atoms with van der Waals surface area (Å²) in [6, 6.07) is 8.44. The van der Waals surface area contributed by atoms with Gasteiger partial charge >= 0.3 is 0 Å². The zero-order valence-electron chi connectivity index (χ0n) is 14.2. The molecular weight excluding hydrogens is 326 g/mol. The summed E-state index contributed by atoms with van der Waals surface area (Å²) in [6.07, 6.45) is 1.57. The topological polar surface area (TPSA) is 81.1 Å². The molecule has 0 aliphatic carbocycles. The van der Waals surface area contributed by atoms with E-state index in [1.54, 1.807) is 48.3 Å². The number of amides is 1. The second-order valence-corrected chi connectivity index (χ2v) is 8.35. The van der Waals surface area contributed by atoms with Crippen LogP contribution in [-0.2, 0) is 28.4 Å². The molecule has 0 saturated heterocycles. The number of carbonyl (C=O) groups is 1. The van der Waals surface area contributed by atoms with Crippen LogP contribution in [-0.4, -0.2) is 30.7 Å². The van der Waals surface area contributed by atoms with Gasteiger partial charge in [-0.05, 0) is 29.7 Å². The van der Waals surface area contributed by atoms with Crippen LogP contribution in [0.15, 0.2) is 36.5 Å². The van der Waals surface area contributed by atoms with Crippen molar-refractivity contribution in [2.24, 2.45) is 13.0 Å². The molecule has 1 heterocycles. The lowest BCUT2D eigenvalue weighted by molar-refractivity contribution is 0.0949. The minimum absolute atomic E-state index is 0.0761. The zero-order chi connectivity index (χ0) is 17.7. The summed E-state index contributed by atoms with van der Waals surface area (Å²) >= 11 is 0. The smallest absolute Gasteiger partial charge is 0.251 e. The number of aromatic nitrogens is 2. The van der Waals surface area contributed by atoms with Crippen LogP contribution in [0.25, 0.3) is 0 Å². The van der Waals surface area contributed by atoms with E-state index in [1.807, 2.05) is 13.8 Å². The van der Waals surface area contributed by atoms with Crippen molar-refractivity contribution < 1.29 is 13.2 Å². The first kappa shape index (κ1) is 18.2. The SMILES string of the molecule is CC(C)CNC(=O)c1cccc(CS(=O)(=O)Cc2ccnn2C)c1. The van der Waals surface area contributed by atoms with E-state index in [2.05, 4.69) is 10.4 Å². The molecular formula is C17H23N3O3S. The van der Waals surface area contributed by atoms with Crippen molar-refractivity contribution in [2.75, 3.05) is 6.54 Å². The van der Waals surface area contributed by atoms with Crippen molar-refractivity contribution in [3.63, 3.8) is 0 Å². The summed E-state index contributed by atoms with van der Waals surface area (Å²) in [7, 11) is -1.63. The number of nitrogens with one attached hydrogen (secondary N) is 1. The van der Waals surface area contributed by atoms with Gasteiger partial charge in [-0.3, -0.25) is 9.48 Å². The molecule has 2 rings (SSSR count). The summed E-state index contributed by atoms with van der Waals surface area (Å²) < 4.78 is 26.3. The minimum atomic E-state index is -3.34. The molecule has 0 fully saturated rings. The third kappa shape index (κ3) is 5.19. The summed E-state index contributed by atoms with van der Waals surface area (Å²) in [5.41, 5.74) is 1.72. The Kier molecular flexibility index (Phi) is 5.77. The maximum atomic E-state index is 12.4. The van der Waals surface area contributed by atoms with Crippen LogP contribution in [0.1, 0.15) is 35.5 Å². The molecule has 1 amide bonds. The number of hydrogen-bond donors (Lipinski definition) is 1. The first-order valence-corrected chi connectivity index (χ1v) is 9.63. The van der Waals surface area contributed by atoms with Crippen LogP contribution in [0.2, 0.25) is 0 Å². The lowest BCUT2D eigenvalue weighted by Crippen LogP contribution is -2.27. The van der Waals surface area contributed by atoms with E-state index in [0.29, 0.717) is 29.3 Å². The molecule has 130 valence electrons. The predicted molar refractivity (Wildman–Crippen MR) is 93.1 cm³/mol. The highest BCUT2D eigenvalue weighted by Crippen LogP contribution is 2.13. The summed E-state index contributed by atoms with van der Waals surface area (Å²) in [4.78, 5) is 12.1. The minimum Gasteiger partial charge on any atom is -0.352 e. The predicted octanol–water partition coefficient (Wildman–Crippen LogP) is 1.92. The Bertz CT molecular complexity index is 810. The first-order chi connectivity index (χ1) is 11.3. The molecule has 6 nitrogen and oxygen atoms in total. The number of hydrogen-bond acceptors (Lipinski definition) is 4. The van der Waals surface area contributed by atoms with Gasteiger partial charge in [0.25, 0.3) is 5.91 Å². The van der Waals surface area contributed by atoms with Gasteiger partial charge in [0.1, 0.15) is 0 Å². The third-order valence-corrected chi connectivity index (χ3v) is 5.05. The van der Waals surface area contributed by atoms with E-state index in [1.165, 1.54) is 0 Å². The lowest BCUT2D eigenvalue weighted by Gasteiger charge is -2.09. The van der Waals surface area contributed by atoms with Crippen molar-refractivity contribution in [1.82, 2.24) is 15.1 Å². The van der Waals surface area contributed by atoms with Gasteiger partial charge in [0.2, 0.25) is 0 Å². The zero-order valence-corrected chi connectivity index (χ0v) is 15.0. The highest BCUT2D eigenvalue weighted by atomic mass is 32.2. The van der Waals surface area contributed by atoms with Gasteiger partial charge in [-0.2, -0.15) is 5.10 Å². The second-order valence-electron chi connectivity index (χ2n) is 6.28. The molecule has 0 spiro atoms. The Morgan fingerprint density at radius 2 is 2.00 bits per heavy atom. The highest BCUT2D eigenvalue weighted by molar-refractivity contribution is 7.89. The Labute approximate surface area is 142 Å². The Morgan fingerprint density at radius 3 is 2.62 bits per heavy atom. The molecule has 1 aromatic heterocycles. The van der Waals surface area contributed by atoms with Gasteiger partial charge in [-0.15, -0.1) is 0 Å². The largest absolute Gasteiger partial charge is 0.352 e. The highest BCUT2D eigenvalue weighted by Gasteiger charge is 2.16. The summed E-state index contributed by atoms with van der Waals surface area (Å²) in [5, 5.41) is 6.81. The van der Waals surface area contributed by atoms with Gasteiger partial charge in [-0.1, -0.05) is 26.0 Å². The molecule has 0 aliphatic heterocycles. The average Bonchev–Trinajstić information content (AvgIpc) is 2.89. The molecule has 0 saturated carbocycles. The van der Waals surface area contributed by atoms with Crippen molar-refractivity contribution >= 4 is 15.7 Å². The molecule has 0 aliphatic rings. The molecule has 1 aromatic carbocycles. The second kappa shape index (κ2) is 7.61. The number of benzene rings is 1. The van der Waals surface area contributed by atoms with Gasteiger partial charge in [0.05, 0.1) is 17.2 Å². The fourth-order valence-electron chi connectivity index (χ4n) is 2.27. The molecule has 1 N–H and O–H groups in total. The Morgan fingerprint density at radius 1 is 1.25 bits per heavy atom. The number of nitrogens with zero attached hydrogens (tertiary/aromatic N) is 2. The van der Waals surface area contributed by atoms with E-state index in [4.69, 9.17) is 0 Å². The quantitative estimate of drug-likeness (QED) is 0.828. The van der Waals surface area contributed by atoms with Crippen LogP contribution in [0, 0.1) is 5.92 Å². The monoisotopic (exact) mass is 349 g/mol. The maximum Gasteiger partial charge on any atom is 0.251 e. The molecule has 0 atom stereocenters. The molecule has 0 radical (unpaired) electrons. The van der Waals surface area contributed by atoms with E-state index in [-0.39, 0.29) is 17.4 Å².